The molecule has 0 unspecified atom stereocenters. The molecule has 6 heteroatoms. The van der Waals surface area contributed by atoms with E-state index in [1.165, 1.54) is 0 Å². The topological polar surface area (TPSA) is 33.7 Å². The van der Waals surface area contributed by atoms with Crippen LogP contribution in [0.3, 0.4) is 0 Å². The van der Waals surface area contributed by atoms with Crippen molar-refractivity contribution in [1.82, 2.24) is 10.2 Å². The largest absolute Gasteiger partial charge is 0.497 e. The summed E-state index contributed by atoms with van der Waals surface area (Å²) in [5.41, 5.74) is 1.11. The third-order valence-electron chi connectivity index (χ3n) is 3.52. The Kier molecular flexibility index (Phi) is 9.46. The molecular formula is C15H24Cl2N2O2. The second kappa shape index (κ2) is 9.90. The van der Waals surface area contributed by atoms with Gasteiger partial charge in [-0.15, -0.1) is 31.4 Å². The molecule has 1 N–H and O–H groups in total. The Balaban J connectivity index is 0.00000200. The van der Waals surface area contributed by atoms with Gasteiger partial charge in [-0.1, -0.05) is 6.08 Å². The first-order valence-electron chi connectivity index (χ1n) is 6.59. The van der Waals surface area contributed by atoms with Crippen molar-refractivity contribution in [2.75, 3.05) is 40.4 Å². The van der Waals surface area contributed by atoms with Crippen molar-refractivity contribution in [2.45, 2.75) is 6.04 Å². The molecule has 0 aromatic heterocycles. The second-order valence-corrected chi connectivity index (χ2v) is 4.57. The standard InChI is InChI=1S/C15H22N2O2.2ClH/c1-4-14(17-9-7-16-8-10-17)13-11-12(18-2)5-6-15(13)19-3;;/h4-6,11,14,16H,1,7-10H2,2-3H3;2*1H/t14-;;/m0../s1. The Morgan fingerprint density at radius 1 is 1.19 bits per heavy atom. The summed E-state index contributed by atoms with van der Waals surface area (Å²) < 4.78 is 10.8. The van der Waals surface area contributed by atoms with Crippen molar-refractivity contribution in [3.63, 3.8) is 0 Å². The molecule has 0 amide bonds. The number of piperazine rings is 1. The van der Waals surface area contributed by atoms with Crippen molar-refractivity contribution >= 4 is 24.8 Å². The summed E-state index contributed by atoms with van der Waals surface area (Å²) in [6.07, 6.45) is 1.97. The SMILES string of the molecule is C=C[C@@H](c1cc(OC)ccc1OC)N1CCNCC1.Cl.Cl. The van der Waals surface area contributed by atoms with E-state index in [1.54, 1.807) is 14.2 Å². The summed E-state index contributed by atoms with van der Waals surface area (Å²) in [4.78, 5) is 2.40. The van der Waals surface area contributed by atoms with Crippen LogP contribution in [0.25, 0.3) is 0 Å². The minimum Gasteiger partial charge on any atom is -0.497 e. The molecule has 1 heterocycles. The molecule has 1 saturated heterocycles. The average molecular weight is 335 g/mol. The molecule has 21 heavy (non-hydrogen) atoms. The van der Waals surface area contributed by atoms with Crippen LogP contribution in [0.15, 0.2) is 30.9 Å². The van der Waals surface area contributed by atoms with Crippen LogP contribution in [0, 0.1) is 0 Å². The summed E-state index contributed by atoms with van der Waals surface area (Å²) >= 11 is 0. The predicted octanol–water partition coefficient (Wildman–Crippen LogP) is 2.68. The van der Waals surface area contributed by atoms with Gasteiger partial charge in [0.15, 0.2) is 0 Å². The highest BCUT2D eigenvalue weighted by Gasteiger charge is 2.22. The van der Waals surface area contributed by atoms with E-state index in [2.05, 4.69) is 16.8 Å². The third kappa shape index (κ3) is 4.78. The van der Waals surface area contributed by atoms with E-state index < -0.39 is 0 Å². The highest BCUT2D eigenvalue weighted by atomic mass is 35.5. The van der Waals surface area contributed by atoms with Crippen molar-refractivity contribution in [1.29, 1.82) is 0 Å². The van der Waals surface area contributed by atoms with Crippen molar-refractivity contribution in [3.05, 3.63) is 36.4 Å². The Labute approximate surface area is 139 Å². The highest BCUT2D eigenvalue weighted by Crippen LogP contribution is 2.33. The van der Waals surface area contributed by atoms with Gasteiger partial charge in [0.25, 0.3) is 0 Å². The van der Waals surface area contributed by atoms with Gasteiger partial charge in [-0.3, -0.25) is 4.90 Å². The number of hydrogen-bond donors (Lipinski definition) is 1. The number of rotatable bonds is 5. The van der Waals surface area contributed by atoms with Crippen molar-refractivity contribution in [2.24, 2.45) is 0 Å². The van der Waals surface area contributed by atoms with Crippen LogP contribution in [0.1, 0.15) is 11.6 Å². The fourth-order valence-corrected chi connectivity index (χ4v) is 2.50. The van der Waals surface area contributed by atoms with E-state index in [9.17, 15) is 0 Å². The van der Waals surface area contributed by atoms with Gasteiger partial charge in [0, 0.05) is 31.7 Å². The summed E-state index contributed by atoms with van der Waals surface area (Å²) in [6.45, 7) is 8.03. The molecule has 1 aliphatic rings. The van der Waals surface area contributed by atoms with Crippen molar-refractivity contribution in [3.8, 4) is 11.5 Å². The lowest BCUT2D eigenvalue weighted by Crippen LogP contribution is -2.44. The van der Waals surface area contributed by atoms with Crippen LogP contribution >= 0.6 is 24.8 Å². The first-order valence-corrected chi connectivity index (χ1v) is 6.59. The van der Waals surface area contributed by atoms with Gasteiger partial charge in [0.2, 0.25) is 0 Å². The highest BCUT2D eigenvalue weighted by molar-refractivity contribution is 5.85. The van der Waals surface area contributed by atoms with E-state index in [0.717, 1.165) is 43.2 Å². The molecule has 120 valence electrons. The summed E-state index contributed by atoms with van der Waals surface area (Å²) in [7, 11) is 3.38. The lowest BCUT2D eigenvalue weighted by molar-refractivity contribution is 0.200. The molecule has 1 aromatic rings. The second-order valence-electron chi connectivity index (χ2n) is 4.57. The lowest BCUT2D eigenvalue weighted by atomic mass is 10.0. The maximum Gasteiger partial charge on any atom is 0.124 e. The summed E-state index contributed by atoms with van der Waals surface area (Å²) in [5, 5.41) is 3.36. The molecule has 0 radical (unpaired) electrons. The quantitative estimate of drug-likeness (QED) is 0.839. The fraction of sp³-hybridized carbons (Fsp3) is 0.467. The van der Waals surface area contributed by atoms with E-state index in [-0.39, 0.29) is 30.9 Å². The van der Waals surface area contributed by atoms with Gasteiger partial charge in [0.1, 0.15) is 11.5 Å². The van der Waals surface area contributed by atoms with E-state index in [4.69, 9.17) is 9.47 Å². The number of benzene rings is 1. The summed E-state index contributed by atoms with van der Waals surface area (Å²) in [5.74, 6) is 1.72. The normalized spacial score (nSPS) is 16.1. The zero-order valence-electron chi connectivity index (χ0n) is 12.5. The van der Waals surface area contributed by atoms with Crippen molar-refractivity contribution < 1.29 is 9.47 Å². The molecule has 2 rings (SSSR count). The summed E-state index contributed by atoms with van der Waals surface area (Å²) in [6, 6.07) is 6.06. The fourth-order valence-electron chi connectivity index (χ4n) is 2.50. The first kappa shape index (κ1) is 20.1. The van der Waals surface area contributed by atoms with Gasteiger partial charge >= 0.3 is 0 Å². The zero-order valence-corrected chi connectivity index (χ0v) is 14.1. The number of methoxy groups -OCH3 is 2. The minimum absolute atomic E-state index is 0. The maximum atomic E-state index is 5.47. The Bertz CT molecular complexity index is 438. The third-order valence-corrected chi connectivity index (χ3v) is 3.52. The van der Waals surface area contributed by atoms with Gasteiger partial charge in [-0.05, 0) is 18.2 Å². The predicted molar refractivity (Wildman–Crippen MR) is 91.4 cm³/mol. The number of nitrogens with one attached hydrogen (secondary N) is 1. The molecule has 4 nitrogen and oxygen atoms in total. The number of nitrogens with zero attached hydrogens (tertiary/aromatic N) is 1. The molecule has 0 spiro atoms. The Hall–Kier alpha value is -0.940. The van der Waals surface area contributed by atoms with Gasteiger partial charge in [0.05, 0.1) is 20.3 Å². The molecule has 1 aromatic carbocycles. The van der Waals surface area contributed by atoms with E-state index in [1.807, 2.05) is 24.3 Å². The van der Waals surface area contributed by atoms with Crippen LogP contribution in [0.4, 0.5) is 0 Å². The number of halogens is 2. The van der Waals surface area contributed by atoms with Gasteiger partial charge < -0.3 is 14.8 Å². The molecule has 1 aliphatic heterocycles. The molecule has 0 saturated carbocycles. The minimum atomic E-state index is 0. The number of ether oxygens (including phenoxy) is 2. The first-order chi connectivity index (χ1) is 9.30. The van der Waals surface area contributed by atoms with E-state index in [0.29, 0.717) is 0 Å². The molecule has 0 bridgehead atoms. The van der Waals surface area contributed by atoms with Crippen LogP contribution in [0.5, 0.6) is 11.5 Å². The lowest BCUT2D eigenvalue weighted by Gasteiger charge is -2.34. The van der Waals surface area contributed by atoms with Crippen LogP contribution in [-0.2, 0) is 0 Å². The van der Waals surface area contributed by atoms with E-state index >= 15 is 0 Å². The van der Waals surface area contributed by atoms with Crippen LogP contribution in [-0.4, -0.2) is 45.3 Å². The molecule has 1 fully saturated rings. The maximum absolute atomic E-state index is 5.47. The number of hydrogen-bond acceptors (Lipinski definition) is 4. The smallest absolute Gasteiger partial charge is 0.124 e. The molecule has 1 atom stereocenters. The average Bonchev–Trinajstić information content (AvgIpc) is 2.49. The van der Waals surface area contributed by atoms with Gasteiger partial charge in [-0.25, -0.2) is 0 Å². The monoisotopic (exact) mass is 334 g/mol. The Morgan fingerprint density at radius 3 is 2.38 bits per heavy atom. The molecule has 0 aliphatic carbocycles. The molecular weight excluding hydrogens is 311 g/mol. The van der Waals surface area contributed by atoms with Crippen LogP contribution in [0.2, 0.25) is 0 Å². The Morgan fingerprint density at radius 2 is 1.86 bits per heavy atom. The van der Waals surface area contributed by atoms with Crippen LogP contribution < -0.4 is 14.8 Å². The zero-order chi connectivity index (χ0) is 13.7. The van der Waals surface area contributed by atoms with Gasteiger partial charge in [-0.2, -0.15) is 0 Å².